The zero-order valence-corrected chi connectivity index (χ0v) is 11.4. The van der Waals surface area contributed by atoms with E-state index in [1.807, 2.05) is 13.0 Å². The van der Waals surface area contributed by atoms with E-state index in [9.17, 15) is 4.39 Å². The number of hydrogen-bond acceptors (Lipinski definition) is 4. The van der Waals surface area contributed by atoms with Crippen molar-refractivity contribution >= 4 is 5.69 Å². The van der Waals surface area contributed by atoms with Gasteiger partial charge in [-0.3, -0.25) is 4.90 Å². The third kappa shape index (κ3) is 4.36. The number of nitrogens with zero attached hydrogens (tertiary/aromatic N) is 1. The van der Waals surface area contributed by atoms with Crippen molar-refractivity contribution in [1.29, 1.82) is 0 Å². The number of nitrogens with one attached hydrogen (secondary N) is 2. The fourth-order valence-corrected chi connectivity index (χ4v) is 2.18. The van der Waals surface area contributed by atoms with E-state index in [2.05, 4.69) is 15.5 Å². The van der Waals surface area contributed by atoms with Crippen molar-refractivity contribution in [1.82, 2.24) is 10.2 Å². The van der Waals surface area contributed by atoms with Gasteiger partial charge in [0.1, 0.15) is 0 Å². The Morgan fingerprint density at radius 3 is 2.84 bits per heavy atom. The Balaban J connectivity index is 1.77. The summed E-state index contributed by atoms with van der Waals surface area (Å²) in [7, 11) is 0. The summed E-state index contributed by atoms with van der Waals surface area (Å²) in [6, 6.07) is 5.01. The summed E-state index contributed by atoms with van der Waals surface area (Å²) in [4.78, 5) is 2.40. The van der Waals surface area contributed by atoms with Crippen LogP contribution in [0.3, 0.4) is 0 Å². The molecule has 4 nitrogen and oxygen atoms in total. The van der Waals surface area contributed by atoms with Crippen molar-refractivity contribution in [3.8, 4) is 5.75 Å². The first-order chi connectivity index (χ1) is 9.29. The van der Waals surface area contributed by atoms with Crippen LogP contribution in [0.25, 0.3) is 0 Å². The van der Waals surface area contributed by atoms with Gasteiger partial charge in [0.25, 0.3) is 0 Å². The number of anilines is 1. The van der Waals surface area contributed by atoms with Gasteiger partial charge in [0.05, 0.1) is 6.61 Å². The molecule has 5 heteroatoms. The van der Waals surface area contributed by atoms with E-state index in [0.29, 0.717) is 12.4 Å². The Kier molecular flexibility index (Phi) is 5.42. The quantitative estimate of drug-likeness (QED) is 0.820. The molecule has 19 heavy (non-hydrogen) atoms. The number of benzene rings is 1. The van der Waals surface area contributed by atoms with Crippen LogP contribution in [0.4, 0.5) is 10.1 Å². The number of halogens is 1. The molecule has 0 bridgehead atoms. The largest absolute Gasteiger partial charge is 0.491 e. The van der Waals surface area contributed by atoms with Gasteiger partial charge in [0.2, 0.25) is 0 Å². The van der Waals surface area contributed by atoms with E-state index in [1.54, 1.807) is 6.07 Å². The standard InChI is InChI=1S/C14H22FN3O/c1-2-19-14-4-3-12(11-13(14)15)17-7-10-18-8-5-16-6-9-18/h3-4,11,16-17H,2,5-10H2,1H3. The van der Waals surface area contributed by atoms with Gasteiger partial charge in [0.15, 0.2) is 11.6 Å². The van der Waals surface area contributed by atoms with Crippen LogP contribution in [0.2, 0.25) is 0 Å². The monoisotopic (exact) mass is 267 g/mol. The van der Waals surface area contributed by atoms with E-state index in [0.717, 1.165) is 45.0 Å². The van der Waals surface area contributed by atoms with Crippen molar-refractivity contribution in [2.45, 2.75) is 6.92 Å². The molecule has 1 aliphatic rings. The summed E-state index contributed by atoms with van der Waals surface area (Å²) in [6.07, 6.45) is 0. The van der Waals surface area contributed by atoms with Crippen molar-refractivity contribution in [3.05, 3.63) is 24.0 Å². The van der Waals surface area contributed by atoms with Crippen LogP contribution < -0.4 is 15.4 Å². The molecular formula is C14H22FN3O. The summed E-state index contributed by atoms with van der Waals surface area (Å²) in [5.74, 6) is 0.00387. The molecule has 1 aromatic carbocycles. The van der Waals surface area contributed by atoms with Crippen molar-refractivity contribution in [3.63, 3.8) is 0 Å². The second kappa shape index (κ2) is 7.31. The first kappa shape index (κ1) is 14.1. The maximum Gasteiger partial charge on any atom is 0.167 e. The van der Waals surface area contributed by atoms with E-state index in [-0.39, 0.29) is 5.82 Å². The van der Waals surface area contributed by atoms with Crippen LogP contribution >= 0.6 is 0 Å². The molecule has 0 aliphatic carbocycles. The molecule has 0 aromatic heterocycles. The van der Waals surface area contributed by atoms with Crippen LogP contribution in [0, 0.1) is 5.82 Å². The molecule has 1 fully saturated rings. The van der Waals surface area contributed by atoms with Gasteiger partial charge >= 0.3 is 0 Å². The number of ether oxygens (including phenoxy) is 1. The van der Waals surface area contributed by atoms with Crippen molar-refractivity contribution in [2.75, 3.05) is 51.2 Å². The van der Waals surface area contributed by atoms with Crippen LogP contribution in [0.1, 0.15) is 6.92 Å². The zero-order chi connectivity index (χ0) is 13.5. The number of hydrogen-bond donors (Lipinski definition) is 2. The third-order valence-electron chi connectivity index (χ3n) is 3.20. The van der Waals surface area contributed by atoms with Gasteiger partial charge in [-0.1, -0.05) is 0 Å². The Morgan fingerprint density at radius 1 is 1.37 bits per heavy atom. The molecule has 0 amide bonds. The fraction of sp³-hybridized carbons (Fsp3) is 0.571. The smallest absolute Gasteiger partial charge is 0.167 e. The molecule has 0 unspecified atom stereocenters. The van der Waals surface area contributed by atoms with Gasteiger partial charge in [0, 0.05) is 51.0 Å². The summed E-state index contributed by atoms with van der Waals surface area (Å²) in [5.41, 5.74) is 0.802. The first-order valence-electron chi connectivity index (χ1n) is 6.89. The minimum absolute atomic E-state index is 0.311. The molecule has 106 valence electrons. The lowest BCUT2D eigenvalue weighted by Gasteiger charge is -2.27. The molecule has 0 saturated carbocycles. The second-order valence-electron chi connectivity index (χ2n) is 4.60. The van der Waals surface area contributed by atoms with Gasteiger partial charge in [-0.2, -0.15) is 0 Å². The van der Waals surface area contributed by atoms with Crippen LogP contribution in [-0.2, 0) is 0 Å². The SMILES string of the molecule is CCOc1ccc(NCCN2CCNCC2)cc1F. The summed E-state index contributed by atoms with van der Waals surface area (Å²) >= 11 is 0. The molecule has 1 heterocycles. The molecule has 1 saturated heterocycles. The predicted molar refractivity (Wildman–Crippen MR) is 75.4 cm³/mol. The summed E-state index contributed by atoms with van der Waals surface area (Å²) in [6.45, 7) is 8.41. The maximum absolute atomic E-state index is 13.6. The van der Waals surface area contributed by atoms with Gasteiger partial charge in [-0.05, 0) is 19.1 Å². The molecule has 2 rings (SSSR count). The van der Waals surface area contributed by atoms with Crippen molar-refractivity contribution in [2.24, 2.45) is 0 Å². The van der Waals surface area contributed by atoms with Crippen molar-refractivity contribution < 1.29 is 9.13 Å². The normalized spacial score (nSPS) is 16.3. The highest BCUT2D eigenvalue weighted by atomic mass is 19.1. The lowest BCUT2D eigenvalue weighted by Crippen LogP contribution is -2.45. The molecule has 0 atom stereocenters. The lowest BCUT2D eigenvalue weighted by atomic mass is 10.3. The maximum atomic E-state index is 13.6. The molecule has 1 aromatic rings. The van der Waals surface area contributed by atoms with Gasteiger partial charge in [-0.15, -0.1) is 0 Å². The van der Waals surface area contributed by atoms with Crippen LogP contribution in [0.15, 0.2) is 18.2 Å². The Bertz CT molecular complexity index is 394. The summed E-state index contributed by atoms with van der Waals surface area (Å²) in [5, 5.41) is 6.57. The van der Waals surface area contributed by atoms with E-state index in [4.69, 9.17) is 4.74 Å². The van der Waals surface area contributed by atoms with E-state index >= 15 is 0 Å². The van der Waals surface area contributed by atoms with Crippen LogP contribution in [-0.4, -0.2) is 50.8 Å². The highest BCUT2D eigenvalue weighted by molar-refractivity contribution is 5.47. The Morgan fingerprint density at radius 2 is 2.16 bits per heavy atom. The molecule has 0 spiro atoms. The Hall–Kier alpha value is -1.33. The average Bonchev–Trinajstić information content (AvgIpc) is 2.43. The van der Waals surface area contributed by atoms with Gasteiger partial charge in [-0.25, -0.2) is 4.39 Å². The highest BCUT2D eigenvalue weighted by Crippen LogP contribution is 2.20. The minimum atomic E-state index is -0.311. The zero-order valence-electron chi connectivity index (χ0n) is 11.4. The topological polar surface area (TPSA) is 36.5 Å². The summed E-state index contributed by atoms with van der Waals surface area (Å²) < 4.78 is 18.8. The van der Waals surface area contributed by atoms with E-state index < -0.39 is 0 Å². The highest BCUT2D eigenvalue weighted by Gasteiger charge is 2.09. The molecule has 1 aliphatic heterocycles. The molecule has 2 N–H and O–H groups in total. The molecule has 0 radical (unpaired) electrons. The van der Waals surface area contributed by atoms with Crippen LogP contribution in [0.5, 0.6) is 5.75 Å². The minimum Gasteiger partial charge on any atom is -0.491 e. The third-order valence-corrected chi connectivity index (χ3v) is 3.20. The van der Waals surface area contributed by atoms with Gasteiger partial charge < -0.3 is 15.4 Å². The average molecular weight is 267 g/mol. The number of rotatable bonds is 6. The first-order valence-corrected chi connectivity index (χ1v) is 6.89. The Labute approximate surface area is 113 Å². The fourth-order valence-electron chi connectivity index (χ4n) is 2.18. The molecular weight excluding hydrogens is 245 g/mol. The number of piperazine rings is 1. The predicted octanol–water partition coefficient (Wildman–Crippen LogP) is 1.54. The lowest BCUT2D eigenvalue weighted by molar-refractivity contribution is 0.249. The second-order valence-corrected chi connectivity index (χ2v) is 4.60. The van der Waals surface area contributed by atoms with E-state index in [1.165, 1.54) is 6.07 Å².